The summed E-state index contributed by atoms with van der Waals surface area (Å²) in [5.41, 5.74) is 3.99. The van der Waals surface area contributed by atoms with E-state index >= 15 is 0 Å². The van der Waals surface area contributed by atoms with Crippen LogP contribution in [0, 0.1) is 6.92 Å². The van der Waals surface area contributed by atoms with E-state index in [1.165, 1.54) is 0 Å². The van der Waals surface area contributed by atoms with Crippen molar-refractivity contribution in [1.82, 2.24) is 15.0 Å². The lowest BCUT2D eigenvalue weighted by Gasteiger charge is -2.30. The standard InChI is InChI=1S/C20H24N6OS/c1-3-21-20-23-14(2)18(28-20)16-8-9-22-19(25-16)24-15-6-4-5-7-17(15)26-10-12-27-13-11-26/h4-9H,3,10-13H2,1-2H3,(H,21,23)(H,22,24,25). The molecule has 2 aromatic heterocycles. The number of benzene rings is 1. The molecule has 8 heteroatoms. The molecule has 0 saturated carbocycles. The number of aromatic nitrogens is 3. The molecule has 3 aromatic rings. The lowest BCUT2D eigenvalue weighted by Crippen LogP contribution is -2.36. The Morgan fingerprint density at radius 3 is 2.79 bits per heavy atom. The summed E-state index contributed by atoms with van der Waals surface area (Å²) in [6.07, 6.45) is 1.79. The van der Waals surface area contributed by atoms with Crippen LogP contribution in [-0.4, -0.2) is 47.8 Å². The van der Waals surface area contributed by atoms with Gasteiger partial charge in [0.05, 0.1) is 40.9 Å². The topological polar surface area (TPSA) is 75.2 Å². The quantitative estimate of drug-likeness (QED) is 0.654. The van der Waals surface area contributed by atoms with Crippen LogP contribution in [0.1, 0.15) is 12.6 Å². The van der Waals surface area contributed by atoms with Gasteiger partial charge in [0.25, 0.3) is 0 Å². The molecule has 28 heavy (non-hydrogen) atoms. The Morgan fingerprint density at radius 1 is 1.14 bits per heavy atom. The van der Waals surface area contributed by atoms with Crippen LogP contribution in [0.15, 0.2) is 36.5 Å². The van der Waals surface area contributed by atoms with E-state index in [2.05, 4.69) is 50.6 Å². The number of ether oxygens (including phenoxy) is 1. The average Bonchev–Trinajstić information content (AvgIpc) is 3.10. The lowest BCUT2D eigenvalue weighted by molar-refractivity contribution is 0.123. The maximum absolute atomic E-state index is 5.48. The van der Waals surface area contributed by atoms with Gasteiger partial charge < -0.3 is 20.3 Å². The first kappa shape index (κ1) is 18.6. The Bertz CT molecular complexity index is 938. The third-order valence-corrected chi connectivity index (χ3v) is 5.65. The van der Waals surface area contributed by atoms with Gasteiger partial charge in [0, 0.05) is 25.8 Å². The number of aryl methyl sites for hydroxylation is 1. The summed E-state index contributed by atoms with van der Waals surface area (Å²) in [6.45, 7) is 8.18. The van der Waals surface area contributed by atoms with Crippen molar-refractivity contribution in [3.05, 3.63) is 42.2 Å². The number of thiazole rings is 1. The predicted molar refractivity (Wildman–Crippen MR) is 115 cm³/mol. The van der Waals surface area contributed by atoms with Crippen LogP contribution >= 0.6 is 11.3 Å². The van der Waals surface area contributed by atoms with E-state index < -0.39 is 0 Å². The molecule has 1 aliphatic rings. The van der Waals surface area contributed by atoms with Gasteiger partial charge in [0.2, 0.25) is 5.95 Å². The molecular formula is C20H24N6OS. The molecule has 0 unspecified atom stereocenters. The van der Waals surface area contributed by atoms with Gasteiger partial charge in [0.1, 0.15) is 0 Å². The van der Waals surface area contributed by atoms with E-state index in [0.717, 1.165) is 65.6 Å². The zero-order chi connectivity index (χ0) is 19.3. The summed E-state index contributed by atoms with van der Waals surface area (Å²) in [7, 11) is 0. The highest BCUT2D eigenvalue weighted by Crippen LogP contribution is 2.33. The molecule has 1 saturated heterocycles. The molecule has 1 aromatic carbocycles. The van der Waals surface area contributed by atoms with Gasteiger partial charge in [-0.15, -0.1) is 0 Å². The van der Waals surface area contributed by atoms with Crippen LogP contribution in [0.4, 0.5) is 22.5 Å². The van der Waals surface area contributed by atoms with Crippen LogP contribution in [-0.2, 0) is 4.74 Å². The molecule has 7 nitrogen and oxygen atoms in total. The summed E-state index contributed by atoms with van der Waals surface area (Å²) in [5, 5.41) is 7.58. The third kappa shape index (κ3) is 4.07. The maximum atomic E-state index is 5.48. The normalized spacial score (nSPS) is 14.1. The van der Waals surface area contributed by atoms with Crippen molar-refractivity contribution in [1.29, 1.82) is 0 Å². The van der Waals surface area contributed by atoms with E-state index in [9.17, 15) is 0 Å². The Labute approximate surface area is 168 Å². The summed E-state index contributed by atoms with van der Waals surface area (Å²) in [5.74, 6) is 0.580. The fourth-order valence-corrected chi connectivity index (χ4v) is 4.19. The first-order valence-corrected chi connectivity index (χ1v) is 10.3. The first-order chi connectivity index (χ1) is 13.7. The molecule has 0 bridgehead atoms. The SMILES string of the molecule is CCNc1nc(C)c(-c2ccnc(Nc3ccccc3N3CCOCC3)n2)s1. The highest BCUT2D eigenvalue weighted by Gasteiger charge is 2.16. The molecule has 0 spiro atoms. The minimum absolute atomic E-state index is 0.580. The number of hydrogen-bond donors (Lipinski definition) is 2. The van der Waals surface area contributed by atoms with E-state index in [4.69, 9.17) is 9.72 Å². The molecule has 0 radical (unpaired) electrons. The van der Waals surface area contributed by atoms with Crippen molar-refractivity contribution in [2.75, 3.05) is 48.4 Å². The summed E-state index contributed by atoms with van der Waals surface area (Å²) >= 11 is 1.62. The summed E-state index contributed by atoms with van der Waals surface area (Å²) in [6, 6.07) is 10.2. The monoisotopic (exact) mass is 396 g/mol. The van der Waals surface area contributed by atoms with Gasteiger partial charge in [-0.1, -0.05) is 23.5 Å². The van der Waals surface area contributed by atoms with Crippen LogP contribution in [0.25, 0.3) is 10.6 Å². The van der Waals surface area contributed by atoms with Gasteiger partial charge in [-0.2, -0.15) is 0 Å². The number of rotatable bonds is 6. The second kappa shape index (κ2) is 8.53. The van der Waals surface area contributed by atoms with E-state index in [1.807, 2.05) is 19.1 Å². The van der Waals surface area contributed by atoms with Gasteiger partial charge >= 0.3 is 0 Å². The van der Waals surface area contributed by atoms with Gasteiger partial charge in [-0.3, -0.25) is 0 Å². The van der Waals surface area contributed by atoms with Crippen molar-refractivity contribution in [2.24, 2.45) is 0 Å². The molecule has 1 aliphatic heterocycles. The van der Waals surface area contributed by atoms with Gasteiger partial charge in [-0.25, -0.2) is 15.0 Å². The van der Waals surface area contributed by atoms with Crippen LogP contribution in [0.2, 0.25) is 0 Å². The smallest absolute Gasteiger partial charge is 0.227 e. The fraction of sp³-hybridized carbons (Fsp3) is 0.350. The second-order valence-corrected chi connectivity index (χ2v) is 7.47. The largest absolute Gasteiger partial charge is 0.378 e. The minimum atomic E-state index is 0.580. The number of para-hydroxylation sites is 2. The molecule has 0 atom stereocenters. The Kier molecular flexibility index (Phi) is 5.68. The molecule has 2 N–H and O–H groups in total. The molecule has 1 fully saturated rings. The van der Waals surface area contributed by atoms with Crippen molar-refractivity contribution in [3.63, 3.8) is 0 Å². The highest BCUT2D eigenvalue weighted by molar-refractivity contribution is 7.19. The Morgan fingerprint density at radius 2 is 1.96 bits per heavy atom. The maximum Gasteiger partial charge on any atom is 0.227 e. The predicted octanol–water partition coefficient (Wildman–Crippen LogP) is 3.92. The van der Waals surface area contributed by atoms with Crippen molar-refractivity contribution < 1.29 is 4.74 Å². The van der Waals surface area contributed by atoms with Crippen molar-refractivity contribution >= 4 is 33.8 Å². The molecule has 0 aliphatic carbocycles. The minimum Gasteiger partial charge on any atom is -0.378 e. The third-order valence-electron chi connectivity index (χ3n) is 4.52. The molecule has 146 valence electrons. The molecule has 3 heterocycles. The summed E-state index contributed by atoms with van der Waals surface area (Å²) in [4.78, 5) is 17.1. The number of hydrogen-bond acceptors (Lipinski definition) is 8. The fourth-order valence-electron chi connectivity index (χ4n) is 3.19. The number of nitrogens with one attached hydrogen (secondary N) is 2. The average molecular weight is 397 g/mol. The highest BCUT2D eigenvalue weighted by atomic mass is 32.1. The van der Waals surface area contributed by atoms with Crippen LogP contribution < -0.4 is 15.5 Å². The van der Waals surface area contributed by atoms with Crippen LogP contribution in [0.5, 0.6) is 0 Å². The molecular weight excluding hydrogens is 372 g/mol. The van der Waals surface area contributed by atoms with Gasteiger partial charge in [-0.05, 0) is 32.0 Å². The van der Waals surface area contributed by atoms with E-state index in [-0.39, 0.29) is 0 Å². The first-order valence-electron chi connectivity index (χ1n) is 9.48. The Balaban J connectivity index is 1.59. The zero-order valence-corrected chi connectivity index (χ0v) is 16.9. The second-order valence-electron chi connectivity index (χ2n) is 6.47. The van der Waals surface area contributed by atoms with Gasteiger partial charge in [0.15, 0.2) is 5.13 Å². The number of nitrogens with zero attached hydrogens (tertiary/aromatic N) is 4. The van der Waals surface area contributed by atoms with E-state index in [1.54, 1.807) is 17.5 Å². The Hall–Kier alpha value is -2.71. The zero-order valence-electron chi connectivity index (χ0n) is 16.1. The molecule has 4 rings (SSSR count). The number of morpholine rings is 1. The number of anilines is 4. The molecule has 0 amide bonds. The van der Waals surface area contributed by atoms with E-state index in [0.29, 0.717) is 5.95 Å². The van der Waals surface area contributed by atoms with Crippen LogP contribution in [0.3, 0.4) is 0 Å². The lowest BCUT2D eigenvalue weighted by atomic mass is 10.2. The van der Waals surface area contributed by atoms with Crippen molar-refractivity contribution in [2.45, 2.75) is 13.8 Å². The van der Waals surface area contributed by atoms with Crippen molar-refractivity contribution in [3.8, 4) is 10.6 Å². The summed E-state index contributed by atoms with van der Waals surface area (Å²) < 4.78 is 5.48.